The zero-order chi connectivity index (χ0) is 20.2. The highest BCUT2D eigenvalue weighted by atomic mass is 32.2. The number of morpholine rings is 1. The topological polar surface area (TPSA) is 68.3 Å². The molecule has 0 N–H and O–H groups in total. The van der Waals surface area contributed by atoms with E-state index in [4.69, 9.17) is 9.47 Å². The number of rotatable bonds is 8. The molecular formula is C17H26F2N2O5S. The van der Waals surface area contributed by atoms with Crippen molar-refractivity contribution in [2.45, 2.75) is 46.1 Å². The van der Waals surface area contributed by atoms with Gasteiger partial charge in [0.25, 0.3) is 10.2 Å². The summed E-state index contributed by atoms with van der Waals surface area (Å²) in [5.41, 5.74) is 0.598. The van der Waals surface area contributed by atoms with E-state index in [0.29, 0.717) is 5.56 Å². The van der Waals surface area contributed by atoms with Gasteiger partial charge in [0.15, 0.2) is 11.5 Å². The minimum atomic E-state index is -3.69. The Morgan fingerprint density at radius 2 is 1.89 bits per heavy atom. The van der Waals surface area contributed by atoms with Crippen molar-refractivity contribution in [3.05, 3.63) is 23.8 Å². The molecule has 0 aliphatic carbocycles. The van der Waals surface area contributed by atoms with Gasteiger partial charge in [-0.05, 0) is 38.5 Å². The van der Waals surface area contributed by atoms with Crippen LogP contribution in [-0.2, 0) is 21.5 Å². The molecule has 7 nitrogen and oxygen atoms in total. The lowest BCUT2D eigenvalue weighted by Gasteiger charge is -2.36. The van der Waals surface area contributed by atoms with Gasteiger partial charge in [0, 0.05) is 26.7 Å². The van der Waals surface area contributed by atoms with Gasteiger partial charge in [0.05, 0.1) is 18.8 Å². The van der Waals surface area contributed by atoms with Crippen molar-refractivity contribution in [1.29, 1.82) is 0 Å². The fourth-order valence-electron chi connectivity index (χ4n) is 2.97. The lowest BCUT2D eigenvalue weighted by Crippen LogP contribution is -2.52. The summed E-state index contributed by atoms with van der Waals surface area (Å²) in [5.74, 6) is 0.0617. The molecule has 2 rings (SSSR count). The van der Waals surface area contributed by atoms with Gasteiger partial charge in [-0.2, -0.15) is 25.8 Å². The molecule has 0 unspecified atom stereocenters. The molecule has 10 heteroatoms. The Morgan fingerprint density at radius 1 is 1.26 bits per heavy atom. The third-order valence-corrected chi connectivity index (χ3v) is 5.90. The molecule has 1 heterocycles. The smallest absolute Gasteiger partial charge is 0.387 e. The molecule has 0 amide bonds. The third kappa shape index (κ3) is 5.74. The summed E-state index contributed by atoms with van der Waals surface area (Å²) < 4.78 is 68.6. The van der Waals surface area contributed by atoms with E-state index < -0.39 is 16.8 Å². The van der Waals surface area contributed by atoms with Crippen LogP contribution in [-0.4, -0.2) is 62.6 Å². The maximum atomic E-state index is 12.8. The summed E-state index contributed by atoms with van der Waals surface area (Å²) in [6.45, 7) is 3.30. The summed E-state index contributed by atoms with van der Waals surface area (Å²) in [7, 11) is -2.21. The average molecular weight is 408 g/mol. The first-order chi connectivity index (χ1) is 12.6. The number of hydrogen-bond donors (Lipinski definition) is 0. The Hall–Kier alpha value is -1.49. The summed E-state index contributed by atoms with van der Waals surface area (Å²) in [6.07, 6.45) is -0.375. The van der Waals surface area contributed by atoms with E-state index >= 15 is 0 Å². The van der Waals surface area contributed by atoms with Gasteiger partial charge in [0.2, 0.25) is 0 Å². The van der Waals surface area contributed by atoms with Gasteiger partial charge >= 0.3 is 6.61 Å². The molecule has 1 aromatic rings. The van der Waals surface area contributed by atoms with Crippen molar-refractivity contribution in [2.75, 3.05) is 26.7 Å². The Balaban J connectivity index is 2.16. The molecular weight excluding hydrogens is 382 g/mol. The second kappa shape index (κ2) is 9.13. The predicted octanol–water partition coefficient (Wildman–Crippen LogP) is 2.47. The standard InChI is InChI=1S/C17H26F2N2O5S/c1-5-24-16-8-14(6-7-15(16)26-17(18)19)11-20(4)27(22,23)21-9-12(2)25-13(3)10-21/h6-8,12-13,17H,5,9-11H2,1-4H3/t12-,13+. The van der Waals surface area contributed by atoms with Crippen molar-refractivity contribution in [3.8, 4) is 11.5 Å². The first kappa shape index (κ1) is 21.8. The molecule has 0 radical (unpaired) electrons. The van der Waals surface area contributed by atoms with Gasteiger partial charge in [0.1, 0.15) is 0 Å². The molecule has 1 fully saturated rings. The highest BCUT2D eigenvalue weighted by molar-refractivity contribution is 7.86. The fourth-order valence-corrected chi connectivity index (χ4v) is 4.47. The predicted molar refractivity (Wildman–Crippen MR) is 96.2 cm³/mol. The molecule has 154 valence electrons. The summed E-state index contributed by atoms with van der Waals surface area (Å²) in [4.78, 5) is 0. The molecule has 1 saturated heterocycles. The van der Waals surface area contributed by atoms with Crippen LogP contribution in [0.25, 0.3) is 0 Å². The Morgan fingerprint density at radius 3 is 2.44 bits per heavy atom. The van der Waals surface area contributed by atoms with E-state index in [0.717, 1.165) is 0 Å². The zero-order valence-electron chi connectivity index (χ0n) is 15.9. The number of halogens is 2. The molecule has 2 atom stereocenters. The number of ether oxygens (including phenoxy) is 3. The van der Waals surface area contributed by atoms with Crippen LogP contribution in [0.5, 0.6) is 11.5 Å². The monoisotopic (exact) mass is 408 g/mol. The summed E-state index contributed by atoms with van der Waals surface area (Å²) in [5, 5.41) is 0. The van der Waals surface area contributed by atoms with E-state index in [1.807, 2.05) is 13.8 Å². The lowest BCUT2D eigenvalue weighted by atomic mass is 10.2. The number of nitrogens with zero attached hydrogens (tertiary/aromatic N) is 2. The minimum Gasteiger partial charge on any atom is -0.490 e. The largest absolute Gasteiger partial charge is 0.490 e. The van der Waals surface area contributed by atoms with Gasteiger partial charge in [-0.15, -0.1) is 0 Å². The molecule has 0 bridgehead atoms. The van der Waals surface area contributed by atoms with Gasteiger partial charge < -0.3 is 14.2 Å². The Labute approximate surface area is 159 Å². The SMILES string of the molecule is CCOc1cc(CN(C)S(=O)(=O)N2C[C@@H](C)O[C@@H](C)C2)ccc1OC(F)F. The van der Waals surface area contributed by atoms with E-state index in [1.165, 1.54) is 33.9 Å². The van der Waals surface area contributed by atoms with E-state index in [-0.39, 0.29) is 49.9 Å². The maximum Gasteiger partial charge on any atom is 0.387 e. The lowest BCUT2D eigenvalue weighted by molar-refractivity contribution is -0.0514. The number of alkyl halides is 2. The zero-order valence-corrected chi connectivity index (χ0v) is 16.7. The van der Waals surface area contributed by atoms with Gasteiger partial charge in [-0.1, -0.05) is 6.07 Å². The van der Waals surface area contributed by atoms with Crippen LogP contribution in [0.2, 0.25) is 0 Å². The molecule has 1 aliphatic rings. The highest BCUT2D eigenvalue weighted by Gasteiger charge is 2.33. The van der Waals surface area contributed by atoms with Crippen molar-refractivity contribution < 1.29 is 31.4 Å². The maximum absolute atomic E-state index is 12.8. The minimum absolute atomic E-state index is 0.0669. The molecule has 0 saturated carbocycles. The summed E-state index contributed by atoms with van der Waals surface area (Å²) in [6, 6.07) is 4.40. The van der Waals surface area contributed by atoms with Crippen molar-refractivity contribution in [1.82, 2.24) is 8.61 Å². The van der Waals surface area contributed by atoms with Crippen LogP contribution in [0.1, 0.15) is 26.3 Å². The van der Waals surface area contributed by atoms with E-state index in [1.54, 1.807) is 6.92 Å². The molecule has 27 heavy (non-hydrogen) atoms. The van der Waals surface area contributed by atoms with Crippen molar-refractivity contribution in [2.24, 2.45) is 0 Å². The molecule has 1 aromatic carbocycles. The molecule has 1 aliphatic heterocycles. The van der Waals surface area contributed by atoms with Crippen LogP contribution in [0.15, 0.2) is 18.2 Å². The van der Waals surface area contributed by atoms with Crippen LogP contribution >= 0.6 is 0 Å². The number of benzene rings is 1. The van der Waals surface area contributed by atoms with Crippen LogP contribution < -0.4 is 9.47 Å². The third-order valence-electron chi connectivity index (χ3n) is 4.04. The van der Waals surface area contributed by atoms with Crippen LogP contribution in [0.3, 0.4) is 0 Å². The first-order valence-corrected chi connectivity index (χ1v) is 10.1. The average Bonchev–Trinajstić information content (AvgIpc) is 2.56. The number of hydrogen-bond acceptors (Lipinski definition) is 5. The Bertz CT molecular complexity index is 722. The second-order valence-corrected chi connectivity index (χ2v) is 8.47. The van der Waals surface area contributed by atoms with Crippen molar-refractivity contribution in [3.63, 3.8) is 0 Å². The molecule has 0 aromatic heterocycles. The Kier molecular flexibility index (Phi) is 7.38. The van der Waals surface area contributed by atoms with Gasteiger partial charge in [-0.25, -0.2) is 0 Å². The first-order valence-electron chi connectivity index (χ1n) is 8.70. The fraction of sp³-hybridized carbons (Fsp3) is 0.647. The van der Waals surface area contributed by atoms with E-state index in [2.05, 4.69) is 4.74 Å². The second-order valence-electron chi connectivity index (χ2n) is 6.43. The van der Waals surface area contributed by atoms with E-state index in [9.17, 15) is 17.2 Å². The summed E-state index contributed by atoms with van der Waals surface area (Å²) >= 11 is 0. The van der Waals surface area contributed by atoms with Gasteiger partial charge in [-0.3, -0.25) is 0 Å². The van der Waals surface area contributed by atoms with Crippen LogP contribution in [0, 0.1) is 0 Å². The van der Waals surface area contributed by atoms with Crippen LogP contribution in [0.4, 0.5) is 8.78 Å². The molecule has 0 spiro atoms. The quantitative estimate of drug-likeness (QED) is 0.661. The highest BCUT2D eigenvalue weighted by Crippen LogP contribution is 2.30. The van der Waals surface area contributed by atoms with Crippen molar-refractivity contribution >= 4 is 10.2 Å². The normalized spacial score (nSPS) is 21.6.